The van der Waals surface area contributed by atoms with Crippen LogP contribution in [0.1, 0.15) is 19.0 Å². The quantitative estimate of drug-likeness (QED) is 0.760. The van der Waals surface area contributed by atoms with Gasteiger partial charge in [-0.05, 0) is 25.5 Å². The second kappa shape index (κ2) is 4.29. The predicted octanol–water partition coefficient (Wildman–Crippen LogP) is 1.41. The van der Waals surface area contributed by atoms with Crippen LogP contribution in [0.4, 0.5) is 5.82 Å². The summed E-state index contributed by atoms with van der Waals surface area (Å²) in [6, 6.07) is 4.09. The summed E-state index contributed by atoms with van der Waals surface area (Å²) < 4.78 is 5.50. The van der Waals surface area contributed by atoms with Gasteiger partial charge in [-0.25, -0.2) is 4.98 Å². The molecule has 1 aliphatic rings. The highest BCUT2D eigenvalue weighted by molar-refractivity contribution is 5.54. The molecule has 0 aliphatic carbocycles. The monoisotopic (exact) mass is 206 g/mol. The molecule has 0 fully saturated rings. The Morgan fingerprint density at radius 3 is 3.33 bits per heavy atom. The minimum Gasteiger partial charge on any atom is -0.488 e. The smallest absolute Gasteiger partial charge is 0.169 e. The van der Waals surface area contributed by atoms with Gasteiger partial charge in [-0.3, -0.25) is 0 Å². The molecule has 0 aromatic carbocycles. The SMILES string of the molecule is CC1COc2ccc(CCC=O)nc2N1. The number of ether oxygens (including phenoxy) is 1. The summed E-state index contributed by atoms with van der Waals surface area (Å²) in [7, 11) is 0. The summed E-state index contributed by atoms with van der Waals surface area (Å²) in [6.45, 7) is 2.71. The molecule has 4 heteroatoms. The number of aromatic nitrogens is 1. The van der Waals surface area contributed by atoms with E-state index in [1.165, 1.54) is 0 Å². The molecule has 2 rings (SSSR count). The highest BCUT2D eigenvalue weighted by atomic mass is 16.5. The number of carbonyl (C=O) groups excluding carboxylic acids is 1. The molecule has 1 aliphatic heterocycles. The summed E-state index contributed by atoms with van der Waals surface area (Å²) in [5.74, 6) is 1.58. The third-order valence-corrected chi connectivity index (χ3v) is 2.31. The summed E-state index contributed by atoms with van der Waals surface area (Å²) in [4.78, 5) is 14.7. The first-order chi connectivity index (χ1) is 7.29. The van der Waals surface area contributed by atoms with E-state index in [9.17, 15) is 4.79 Å². The lowest BCUT2D eigenvalue weighted by Gasteiger charge is -2.24. The molecule has 0 spiro atoms. The van der Waals surface area contributed by atoms with E-state index in [0.29, 0.717) is 19.4 Å². The van der Waals surface area contributed by atoms with Crippen LogP contribution < -0.4 is 10.1 Å². The Hall–Kier alpha value is -1.58. The van der Waals surface area contributed by atoms with Gasteiger partial charge in [-0.1, -0.05) is 0 Å². The van der Waals surface area contributed by atoms with Crippen LogP contribution in [-0.2, 0) is 11.2 Å². The van der Waals surface area contributed by atoms with Crippen molar-refractivity contribution in [2.45, 2.75) is 25.8 Å². The average Bonchev–Trinajstić information content (AvgIpc) is 2.25. The fourth-order valence-electron chi connectivity index (χ4n) is 1.54. The van der Waals surface area contributed by atoms with Crippen LogP contribution in [0.3, 0.4) is 0 Å². The largest absolute Gasteiger partial charge is 0.488 e. The zero-order chi connectivity index (χ0) is 10.7. The van der Waals surface area contributed by atoms with E-state index >= 15 is 0 Å². The lowest BCUT2D eigenvalue weighted by molar-refractivity contribution is -0.107. The Bertz CT molecular complexity index is 366. The molecular formula is C11H14N2O2. The van der Waals surface area contributed by atoms with Gasteiger partial charge >= 0.3 is 0 Å². The molecule has 15 heavy (non-hydrogen) atoms. The molecule has 80 valence electrons. The normalized spacial score (nSPS) is 18.6. The van der Waals surface area contributed by atoms with Crippen molar-refractivity contribution in [3.63, 3.8) is 0 Å². The first-order valence-corrected chi connectivity index (χ1v) is 5.12. The molecule has 4 nitrogen and oxygen atoms in total. The van der Waals surface area contributed by atoms with E-state index < -0.39 is 0 Å². The van der Waals surface area contributed by atoms with Crippen LogP contribution in [0.5, 0.6) is 5.75 Å². The number of aldehydes is 1. The summed E-state index contributed by atoms with van der Waals surface area (Å²) >= 11 is 0. The van der Waals surface area contributed by atoms with Crippen LogP contribution in [0.25, 0.3) is 0 Å². The second-order valence-electron chi connectivity index (χ2n) is 3.71. The predicted molar refractivity (Wildman–Crippen MR) is 57.2 cm³/mol. The number of nitrogens with one attached hydrogen (secondary N) is 1. The lowest BCUT2D eigenvalue weighted by atomic mass is 10.2. The Morgan fingerprint density at radius 2 is 2.53 bits per heavy atom. The molecule has 0 bridgehead atoms. The molecule has 1 unspecified atom stereocenters. The van der Waals surface area contributed by atoms with Crippen LogP contribution in [0.15, 0.2) is 12.1 Å². The average molecular weight is 206 g/mol. The highest BCUT2D eigenvalue weighted by Gasteiger charge is 2.16. The Kier molecular flexibility index (Phi) is 2.85. The van der Waals surface area contributed by atoms with Gasteiger partial charge in [-0.15, -0.1) is 0 Å². The molecule has 1 atom stereocenters. The highest BCUT2D eigenvalue weighted by Crippen LogP contribution is 2.26. The number of rotatable bonds is 3. The number of fused-ring (bicyclic) bond motifs is 1. The number of carbonyl (C=O) groups is 1. The van der Waals surface area contributed by atoms with Crippen LogP contribution in [-0.4, -0.2) is 23.9 Å². The standard InChI is InChI=1S/C11H14N2O2/c1-8-7-15-10-5-4-9(3-2-6-14)13-11(10)12-8/h4-6,8H,2-3,7H2,1H3,(H,12,13). The summed E-state index contributed by atoms with van der Waals surface area (Å²) in [5.41, 5.74) is 0.922. The van der Waals surface area contributed by atoms with Crippen molar-refractivity contribution in [3.8, 4) is 5.75 Å². The maximum absolute atomic E-state index is 10.3. The van der Waals surface area contributed by atoms with Crippen molar-refractivity contribution in [3.05, 3.63) is 17.8 Å². The Morgan fingerprint density at radius 1 is 1.67 bits per heavy atom. The maximum atomic E-state index is 10.3. The zero-order valence-electron chi connectivity index (χ0n) is 8.69. The topological polar surface area (TPSA) is 51.2 Å². The number of hydrogen-bond acceptors (Lipinski definition) is 4. The second-order valence-corrected chi connectivity index (χ2v) is 3.71. The number of nitrogens with zero attached hydrogens (tertiary/aromatic N) is 1. The first-order valence-electron chi connectivity index (χ1n) is 5.12. The summed E-state index contributed by atoms with van der Waals surface area (Å²) in [6.07, 6.45) is 2.11. The minimum atomic E-state index is 0.284. The van der Waals surface area contributed by atoms with Crippen molar-refractivity contribution >= 4 is 12.1 Å². The van der Waals surface area contributed by atoms with E-state index in [0.717, 1.165) is 23.5 Å². The van der Waals surface area contributed by atoms with Crippen molar-refractivity contribution in [2.24, 2.45) is 0 Å². The number of pyridine rings is 1. The minimum absolute atomic E-state index is 0.284. The van der Waals surface area contributed by atoms with Gasteiger partial charge in [-0.2, -0.15) is 0 Å². The molecule has 1 N–H and O–H groups in total. The third-order valence-electron chi connectivity index (χ3n) is 2.31. The maximum Gasteiger partial charge on any atom is 0.169 e. The Balaban J connectivity index is 2.16. The molecule has 0 amide bonds. The molecule has 0 saturated carbocycles. The van der Waals surface area contributed by atoms with Gasteiger partial charge in [0, 0.05) is 12.1 Å². The fourth-order valence-corrected chi connectivity index (χ4v) is 1.54. The van der Waals surface area contributed by atoms with Crippen molar-refractivity contribution < 1.29 is 9.53 Å². The zero-order valence-corrected chi connectivity index (χ0v) is 8.69. The van der Waals surface area contributed by atoms with E-state index in [1.54, 1.807) is 0 Å². The summed E-state index contributed by atoms with van der Waals surface area (Å²) in [5, 5.41) is 3.25. The number of anilines is 1. The van der Waals surface area contributed by atoms with Gasteiger partial charge in [0.25, 0.3) is 0 Å². The number of aryl methyl sites for hydroxylation is 1. The van der Waals surface area contributed by atoms with E-state index in [-0.39, 0.29) is 6.04 Å². The van der Waals surface area contributed by atoms with Gasteiger partial charge < -0.3 is 14.8 Å². The molecule has 2 heterocycles. The van der Waals surface area contributed by atoms with Gasteiger partial charge in [0.2, 0.25) is 0 Å². The first kappa shape index (κ1) is 9.96. The van der Waals surface area contributed by atoms with Crippen molar-refractivity contribution in [1.29, 1.82) is 0 Å². The fraction of sp³-hybridized carbons (Fsp3) is 0.455. The van der Waals surface area contributed by atoms with Gasteiger partial charge in [0.05, 0.1) is 6.04 Å². The van der Waals surface area contributed by atoms with Crippen molar-refractivity contribution in [1.82, 2.24) is 4.98 Å². The third kappa shape index (κ3) is 2.26. The van der Waals surface area contributed by atoms with E-state index in [2.05, 4.69) is 10.3 Å². The van der Waals surface area contributed by atoms with E-state index in [4.69, 9.17) is 4.74 Å². The van der Waals surface area contributed by atoms with Crippen LogP contribution >= 0.6 is 0 Å². The lowest BCUT2D eigenvalue weighted by Crippen LogP contribution is -2.29. The molecular weight excluding hydrogens is 192 g/mol. The van der Waals surface area contributed by atoms with Crippen molar-refractivity contribution in [2.75, 3.05) is 11.9 Å². The van der Waals surface area contributed by atoms with E-state index in [1.807, 2.05) is 19.1 Å². The van der Waals surface area contributed by atoms with Crippen LogP contribution in [0.2, 0.25) is 0 Å². The Labute approximate surface area is 88.7 Å². The molecule has 0 radical (unpaired) electrons. The van der Waals surface area contributed by atoms with Gasteiger partial charge in [0.15, 0.2) is 11.6 Å². The number of hydrogen-bond donors (Lipinski definition) is 1. The van der Waals surface area contributed by atoms with Gasteiger partial charge in [0.1, 0.15) is 12.9 Å². The molecule has 0 saturated heterocycles. The molecule has 1 aromatic heterocycles. The van der Waals surface area contributed by atoms with Crippen LogP contribution in [0, 0.1) is 0 Å². The molecule has 1 aromatic rings.